The van der Waals surface area contributed by atoms with Gasteiger partial charge in [-0.05, 0) is 13.8 Å². The number of nitrogens with one attached hydrogen (secondary N) is 1. The first kappa shape index (κ1) is 13.1. The van der Waals surface area contributed by atoms with E-state index in [4.69, 9.17) is 0 Å². The summed E-state index contributed by atoms with van der Waals surface area (Å²) >= 11 is 1.46. The fourth-order valence-electron chi connectivity index (χ4n) is 0.749. The third kappa shape index (κ3) is 4.37. The van der Waals surface area contributed by atoms with Crippen molar-refractivity contribution < 1.29 is 4.79 Å². The Morgan fingerprint density at radius 3 is 2.43 bits per heavy atom. The van der Waals surface area contributed by atoms with Gasteiger partial charge in [-0.1, -0.05) is 13.8 Å². The van der Waals surface area contributed by atoms with Crippen molar-refractivity contribution in [3.8, 4) is 0 Å². The molecule has 0 aromatic carbocycles. The Morgan fingerprint density at radius 2 is 2.07 bits per heavy atom. The van der Waals surface area contributed by atoms with Gasteiger partial charge >= 0.3 is 0 Å². The van der Waals surface area contributed by atoms with Crippen LogP contribution in [0.25, 0.3) is 0 Å². The van der Waals surface area contributed by atoms with Crippen molar-refractivity contribution in [2.45, 2.75) is 40.7 Å². The first-order valence-corrected chi connectivity index (χ1v) is 5.70. The number of anilines is 1. The first-order chi connectivity index (χ1) is 6.59. The van der Waals surface area contributed by atoms with Gasteiger partial charge in [0.2, 0.25) is 0 Å². The van der Waals surface area contributed by atoms with Gasteiger partial charge in [-0.3, -0.25) is 4.79 Å². The Kier molecular flexibility index (Phi) is 6.12. The second-order valence-electron chi connectivity index (χ2n) is 2.89. The van der Waals surface area contributed by atoms with Crippen LogP contribution in [0.3, 0.4) is 0 Å². The van der Waals surface area contributed by atoms with Gasteiger partial charge < -0.3 is 5.32 Å². The number of rotatable bonds is 3. The van der Waals surface area contributed by atoms with E-state index in [2.05, 4.69) is 10.3 Å². The summed E-state index contributed by atoms with van der Waals surface area (Å²) in [4.78, 5) is 15.0. The summed E-state index contributed by atoms with van der Waals surface area (Å²) in [5.41, 5.74) is 0.545. The zero-order chi connectivity index (χ0) is 11.1. The minimum absolute atomic E-state index is 0.0167. The Bertz CT molecular complexity index is 281. The normalized spacial score (nSPS) is 9.29. The van der Waals surface area contributed by atoms with Crippen LogP contribution in [0.15, 0.2) is 5.38 Å². The van der Waals surface area contributed by atoms with E-state index >= 15 is 0 Å². The average Bonchev–Trinajstić information content (AvgIpc) is 2.55. The van der Waals surface area contributed by atoms with E-state index in [1.165, 1.54) is 18.3 Å². The summed E-state index contributed by atoms with van der Waals surface area (Å²) in [7, 11) is 0. The molecule has 80 valence electrons. The number of hydrogen-bond acceptors (Lipinski definition) is 4. The Labute approximate surface area is 89.6 Å². The second kappa shape index (κ2) is 6.54. The zero-order valence-electron chi connectivity index (χ0n) is 9.42. The summed E-state index contributed by atoms with van der Waals surface area (Å²) in [6.07, 6.45) is 0. The lowest BCUT2D eigenvalue weighted by atomic mass is 10.4. The topological polar surface area (TPSA) is 42.0 Å². The monoisotopic (exact) mass is 214 g/mol. The molecule has 0 saturated carbocycles. The molecular weight excluding hydrogens is 196 g/mol. The van der Waals surface area contributed by atoms with Crippen LogP contribution in [-0.4, -0.2) is 16.8 Å². The van der Waals surface area contributed by atoms with Crippen molar-refractivity contribution in [3.63, 3.8) is 0 Å². The van der Waals surface area contributed by atoms with Crippen LogP contribution in [0.1, 0.15) is 45.1 Å². The number of carbonyl (C=O) groups is 1. The highest BCUT2D eigenvalue weighted by Gasteiger charge is 2.05. The van der Waals surface area contributed by atoms with Crippen molar-refractivity contribution in [2.24, 2.45) is 0 Å². The van der Waals surface area contributed by atoms with Crippen molar-refractivity contribution in [1.82, 2.24) is 4.98 Å². The van der Waals surface area contributed by atoms with Crippen LogP contribution in [0, 0.1) is 0 Å². The maximum Gasteiger partial charge on any atom is 0.183 e. The molecule has 1 aromatic rings. The summed E-state index contributed by atoms with van der Waals surface area (Å²) in [6, 6.07) is 0.357. The third-order valence-electron chi connectivity index (χ3n) is 1.28. The maximum absolute atomic E-state index is 10.9. The van der Waals surface area contributed by atoms with Gasteiger partial charge in [0.25, 0.3) is 0 Å². The van der Waals surface area contributed by atoms with Gasteiger partial charge in [0.15, 0.2) is 10.9 Å². The van der Waals surface area contributed by atoms with E-state index in [1.54, 1.807) is 5.38 Å². The lowest BCUT2D eigenvalue weighted by molar-refractivity contribution is 0.101. The van der Waals surface area contributed by atoms with E-state index in [-0.39, 0.29) is 5.78 Å². The molecule has 0 spiro atoms. The van der Waals surface area contributed by atoms with Gasteiger partial charge in [0.1, 0.15) is 5.69 Å². The molecular formula is C10H18N2OS. The molecule has 1 N–H and O–H groups in total. The Hall–Kier alpha value is -0.900. The number of Topliss-reactive ketones (excluding diaryl/α,β-unsaturated/α-hetero) is 1. The summed E-state index contributed by atoms with van der Waals surface area (Å²) in [5.74, 6) is 0.0167. The Morgan fingerprint density at radius 1 is 1.50 bits per heavy atom. The van der Waals surface area contributed by atoms with Crippen LogP contribution in [0.4, 0.5) is 5.13 Å². The minimum Gasteiger partial charge on any atom is -0.359 e. The van der Waals surface area contributed by atoms with Gasteiger partial charge in [-0.25, -0.2) is 4.98 Å². The highest BCUT2D eigenvalue weighted by molar-refractivity contribution is 7.13. The predicted octanol–water partition coefficient (Wildman–Crippen LogP) is 3.19. The number of carbonyl (C=O) groups excluding carboxylic acids is 1. The summed E-state index contributed by atoms with van der Waals surface area (Å²) in [6.45, 7) is 9.60. The molecule has 0 fully saturated rings. The van der Waals surface area contributed by atoms with Crippen LogP contribution in [-0.2, 0) is 0 Å². The number of aromatic nitrogens is 1. The molecule has 0 atom stereocenters. The van der Waals surface area contributed by atoms with Crippen LogP contribution in [0.5, 0.6) is 0 Å². The number of thiazole rings is 1. The summed E-state index contributed by atoms with van der Waals surface area (Å²) < 4.78 is 0. The lowest BCUT2D eigenvalue weighted by Crippen LogP contribution is -2.09. The number of nitrogens with zero attached hydrogens (tertiary/aromatic N) is 1. The molecule has 0 saturated heterocycles. The van der Waals surface area contributed by atoms with Crippen molar-refractivity contribution in [2.75, 3.05) is 5.32 Å². The molecule has 0 radical (unpaired) electrons. The lowest BCUT2D eigenvalue weighted by Gasteiger charge is -2.03. The number of ketones is 1. The minimum atomic E-state index is 0.0167. The van der Waals surface area contributed by atoms with Crippen molar-refractivity contribution >= 4 is 22.3 Å². The van der Waals surface area contributed by atoms with Gasteiger partial charge in [-0.2, -0.15) is 0 Å². The van der Waals surface area contributed by atoms with Gasteiger partial charge in [-0.15, -0.1) is 11.3 Å². The van der Waals surface area contributed by atoms with Crippen LogP contribution in [0.2, 0.25) is 0 Å². The molecule has 3 nitrogen and oxygen atoms in total. The van der Waals surface area contributed by atoms with Gasteiger partial charge in [0.05, 0.1) is 0 Å². The van der Waals surface area contributed by atoms with E-state index in [1.807, 2.05) is 27.7 Å². The van der Waals surface area contributed by atoms with E-state index in [0.29, 0.717) is 11.7 Å². The van der Waals surface area contributed by atoms with E-state index < -0.39 is 0 Å². The standard InChI is InChI=1S/C8H12N2OS.C2H6/c1-5(2)9-8-10-7(4-12-8)6(3)11;1-2/h4-5H,1-3H3,(H,9,10);1-2H3. The largest absolute Gasteiger partial charge is 0.359 e. The highest BCUT2D eigenvalue weighted by atomic mass is 32.1. The average molecular weight is 214 g/mol. The number of hydrogen-bond donors (Lipinski definition) is 1. The molecule has 4 heteroatoms. The SMILES string of the molecule is CC.CC(=O)c1csc(NC(C)C)n1. The molecule has 0 aliphatic rings. The second-order valence-corrected chi connectivity index (χ2v) is 3.75. The summed E-state index contributed by atoms with van der Waals surface area (Å²) in [5, 5.41) is 5.72. The molecule has 0 unspecified atom stereocenters. The highest BCUT2D eigenvalue weighted by Crippen LogP contribution is 2.16. The molecule has 0 amide bonds. The zero-order valence-corrected chi connectivity index (χ0v) is 10.2. The smallest absolute Gasteiger partial charge is 0.183 e. The fraction of sp³-hybridized carbons (Fsp3) is 0.600. The van der Waals surface area contributed by atoms with Crippen molar-refractivity contribution in [1.29, 1.82) is 0 Å². The van der Waals surface area contributed by atoms with E-state index in [9.17, 15) is 4.79 Å². The Balaban J connectivity index is 0.000000791. The molecule has 0 bridgehead atoms. The quantitative estimate of drug-likeness (QED) is 0.786. The molecule has 0 aliphatic carbocycles. The predicted molar refractivity (Wildman–Crippen MR) is 62.2 cm³/mol. The molecule has 1 aromatic heterocycles. The van der Waals surface area contributed by atoms with Gasteiger partial charge in [0, 0.05) is 18.3 Å². The van der Waals surface area contributed by atoms with E-state index in [0.717, 1.165) is 5.13 Å². The molecule has 1 rings (SSSR count). The fourth-order valence-corrected chi connectivity index (χ4v) is 1.65. The van der Waals surface area contributed by atoms with Crippen LogP contribution >= 0.6 is 11.3 Å². The third-order valence-corrected chi connectivity index (χ3v) is 2.05. The van der Waals surface area contributed by atoms with Crippen LogP contribution < -0.4 is 5.32 Å². The molecule has 0 aliphatic heterocycles. The first-order valence-electron chi connectivity index (χ1n) is 4.82. The van der Waals surface area contributed by atoms with Crippen molar-refractivity contribution in [3.05, 3.63) is 11.1 Å². The molecule has 14 heavy (non-hydrogen) atoms. The maximum atomic E-state index is 10.9. The molecule has 1 heterocycles.